The molecule has 92 valence electrons. The van der Waals surface area contributed by atoms with E-state index in [1.165, 1.54) is 18.1 Å². The molecule has 0 aliphatic rings. The van der Waals surface area contributed by atoms with Crippen LogP contribution >= 0.6 is 11.8 Å². The number of thioether (sulfide) groups is 1. The number of carbonyl (C=O) groups excluding carboxylic acids is 1. The van der Waals surface area contributed by atoms with Gasteiger partial charge in [-0.05, 0) is 19.9 Å². The quantitative estimate of drug-likeness (QED) is 0.480. The van der Waals surface area contributed by atoms with E-state index in [0.717, 1.165) is 21.8 Å². The molecule has 2 rings (SSSR count). The predicted octanol–water partition coefficient (Wildman–Crippen LogP) is 3.07. The van der Waals surface area contributed by atoms with Gasteiger partial charge in [0.15, 0.2) is 5.78 Å². The molecule has 0 N–H and O–H groups in total. The summed E-state index contributed by atoms with van der Waals surface area (Å²) >= 11 is 1.44. The summed E-state index contributed by atoms with van der Waals surface area (Å²) in [7, 11) is 0. The van der Waals surface area contributed by atoms with Crippen LogP contribution in [0.1, 0.15) is 21.6 Å². The van der Waals surface area contributed by atoms with Gasteiger partial charge in [0.2, 0.25) is 0 Å². The summed E-state index contributed by atoms with van der Waals surface area (Å²) in [6.07, 6.45) is 1.52. The molecule has 0 saturated carbocycles. The summed E-state index contributed by atoms with van der Waals surface area (Å²) < 4.78 is 0. The molecule has 1 aromatic carbocycles. The molecule has 0 bridgehead atoms. The fourth-order valence-electron chi connectivity index (χ4n) is 1.47. The van der Waals surface area contributed by atoms with Crippen molar-refractivity contribution in [3.63, 3.8) is 0 Å². The first kappa shape index (κ1) is 12.8. The van der Waals surface area contributed by atoms with Gasteiger partial charge in [-0.2, -0.15) is 0 Å². The topological polar surface area (TPSA) is 42.9 Å². The Bertz CT molecular complexity index is 552. The lowest BCUT2D eigenvalue weighted by Crippen LogP contribution is -2.02. The van der Waals surface area contributed by atoms with Gasteiger partial charge in [0.05, 0.1) is 5.75 Å². The third-order valence-corrected chi connectivity index (χ3v) is 3.43. The van der Waals surface area contributed by atoms with Crippen LogP contribution in [0.25, 0.3) is 0 Å². The number of benzene rings is 1. The van der Waals surface area contributed by atoms with Gasteiger partial charge in [-0.15, -0.1) is 0 Å². The average Bonchev–Trinajstić information content (AvgIpc) is 2.37. The second-order valence-electron chi connectivity index (χ2n) is 4.08. The van der Waals surface area contributed by atoms with Crippen LogP contribution in [0, 0.1) is 13.8 Å². The van der Waals surface area contributed by atoms with Gasteiger partial charge in [0, 0.05) is 11.3 Å². The molecular formula is C14H14N2OS. The Morgan fingerprint density at radius 2 is 1.89 bits per heavy atom. The first-order valence-electron chi connectivity index (χ1n) is 5.66. The average molecular weight is 258 g/mol. The summed E-state index contributed by atoms with van der Waals surface area (Å²) in [5.41, 5.74) is 2.82. The van der Waals surface area contributed by atoms with E-state index in [4.69, 9.17) is 0 Å². The Hall–Kier alpha value is -1.68. The van der Waals surface area contributed by atoms with Crippen LogP contribution in [0.15, 0.2) is 41.7 Å². The Labute approximate surface area is 111 Å². The van der Waals surface area contributed by atoms with Gasteiger partial charge >= 0.3 is 0 Å². The van der Waals surface area contributed by atoms with Crippen LogP contribution in [0.5, 0.6) is 0 Å². The summed E-state index contributed by atoms with van der Waals surface area (Å²) in [5.74, 6) is 0.524. The molecule has 2 aromatic rings. The van der Waals surface area contributed by atoms with E-state index in [1.54, 1.807) is 0 Å². The molecule has 0 unspecified atom stereocenters. The fraction of sp³-hybridized carbons (Fsp3) is 0.214. The van der Waals surface area contributed by atoms with Crippen LogP contribution in [-0.2, 0) is 0 Å². The van der Waals surface area contributed by atoms with Crippen molar-refractivity contribution >= 4 is 17.5 Å². The Balaban J connectivity index is 1.98. The zero-order valence-corrected chi connectivity index (χ0v) is 11.2. The van der Waals surface area contributed by atoms with Crippen molar-refractivity contribution in [1.82, 2.24) is 9.97 Å². The Kier molecular flexibility index (Phi) is 4.10. The van der Waals surface area contributed by atoms with Gasteiger partial charge < -0.3 is 0 Å². The number of hydrogen-bond acceptors (Lipinski definition) is 4. The lowest BCUT2D eigenvalue weighted by Gasteiger charge is -2.02. The van der Waals surface area contributed by atoms with Gasteiger partial charge in [-0.3, -0.25) is 4.79 Å². The molecule has 1 heterocycles. The molecule has 0 amide bonds. The van der Waals surface area contributed by atoms with Gasteiger partial charge in [0.1, 0.15) is 11.4 Å². The minimum Gasteiger partial charge on any atom is -0.293 e. The molecule has 0 aliphatic heterocycles. The van der Waals surface area contributed by atoms with Crippen LogP contribution in [0.2, 0.25) is 0 Å². The predicted molar refractivity (Wildman–Crippen MR) is 73.0 cm³/mol. The van der Waals surface area contributed by atoms with Gasteiger partial charge in [-0.25, -0.2) is 9.97 Å². The molecule has 4 heteroatoms. The van der Waals surface area contributed by atoms with Crippen molar-refractivity contribution in [2.45, 2.75) is 18.9 Å². The lowest BCUT2D eigenvalue weighted by molar-refractivity contribution is 0.102. The van der Waals surface area contributed by atoms with Crippen molar-refractivity contribution in [1.29, 1.82) is 0 Å². The minimum absolute atomic E-state index is 0.122. The lowest BCUT2D eigenvalue weighted by atomic mass is 10.1. The highest BCUT2D eigenvalue weighted by atomic mass is 32.2. The second kappa shape index (κ2) is 5.78. The normalized spacial score (nSPS) is 10.3. The third-order valence-electron chi connectivity index (χ3n) is 2.50. The summed E-state index contributed by atoms with van der Waals surface area (Å²) in [6, 6.07) is 9.51. The van der Waals surface area contributed by atoms with E-state index in [9.17, 15) is 4.79 Å². The Morgan fingerprint density at radius 3 is 2.56 bits per heavy atom. The zero-order chi connectivity index (χ0) is 13.0. The van der Waals surface area contributed by atoms with Crippen LogP contribution in [0.4, 0.5) is 0 Å². The second-order valence-corrected chi connectivity index (χ2v) is 5.07. The van der Waals surface area contributed by atoms with Crippen molar-refractivity contribution < 1.29 is 4.79 Å². The largest absolute Gasteiger partial charge is 0.293 e. The highest BCUT2D eigenvalue weighted by Gasteiger charge is 2.07. The molecule has 0 radical (unpaired) electrons. The van der Waals surface area contributed by atoms with E-state index >= 15 is 0 Å². The van der Waals surface area contributed by atoms with E-state index < -0.39 is 0 Å². The van der Waals surface area contributed by atoms with Crippen molar-refractivity contribution in [2.24, 2.45) is 0 Å². The maximum absolute atomic E-state index is 11.9. The number of nitrogens with zero attached hydrogens (tertiary/aromatic N) is 2. The molecule has 1 aromatic heterocycles. The monoisotopic (exact) mass is 258 g/mol. The first-order chi connectivity index (χ1) is 8.65. The van der Waals surface area contributed by atoms with E-state index in [1.807, 2.05) is 44.2 Å². The molecule has 0 fully saturated rings. The summed E-state index contributed by atoms with van der Waals surface area (Å²) in [4.78, 5) is 20.1. The number of carbonyl (C=O) groups is 1. The van der Waals surface area contributed by atoms with E-state index in [0.29, 0.717) is 5.75 Å². The summed E-state index contributed by atoms with van der Waals surface area (Å²) in [5, 5.41) is 0.836. The number of Topliss-reactive ketones (excluding diaryl/α,β-unsaturated/α-hetero) is 1. The number of ketones is 1. The highest BCUT2D eigenvalue weighted by Crippen LogP contribution is 2.17. The SMILES string of the molecule is Cc1ccc(C(=O)CSc2cc(C)ncn2)cc1. The van der Waals surface area contributed by atoms with Crippen molar-refractivity contribution in [3.05, 3.63) is 53.5 Å². The zero-order valence-electron chi connectivity index (χ0n) is 10.4. The van der Waals surface area contributed by atoms with E-state index in [-0.39, 0.29) is 5.78 Å². The molecule has 3 nitrogen and oxygen atoms in total. The maximum Gasteiger partial charge on any atom is 0.173 e. The molecule has 18 heavy (non-hydrogen) atoms. The fourth-order valence-corrected chi connectivity index (χ4v) is 2.29. The van der Waals surface area contributed by atoms with Crippen molar-refractivity contribution in [3.8, 4) is 0 Å². The number of aromatic nitrogens is 2. The molecule has 0 aliphatic carbocycles. The van der Waals surface area contributed by atoms with E-state index in [2.05, 4.69) is 9.97 Å². The summed E-state index contributed by atoms with van der Waals surface area (Å²) in [6.45, 7) is 3.92. The molecule has 0 saturated heterocycles. The number of hydrogen-bond donors (Lipinski definition) is 0. The minimum atomic E-state index is 0.122. The molecule has 0 atom stereocenters. The third kappa shape index (κ3) is 3.40. The van der Waals surface area contributed by atoms with Crippen LogP contribution in [0.3, 0.4) is 0 Å². The number of rotatable bonds is 4. The van der Waals surface area contributed by atoms with Crippen molar-refractivity contribution in [2.75, 3.05) is 5.75 Å². The Morgan fingerprint density at radius 1 is 1.17 bits per heavy atom. The first-order valence-corrected chi connectivity index (χ1v) is 6.65. The van der Waals surface area contributed by atoms with Crippen LogP contribution in [-0.4, -0.2) is 21.5 Å². The molecular weight excluding hydrogens is 244 g/mol. The molecule has 0 spiro atoms. The smallest absolute Gasteiger partial charge is 0.173 e. The van der Waals surface area contributed by atoms with Gasteiger partial charge in [-0.1, -0.05) is 41.6 Å². The van der Waals surface area contributed by atoms with Gasteiger partial charge in [0.25, 0.3) is 0 Å². The number of aryl methyl sites for hydroxylation is 2. The highest BCUT2D eigenvalue weighted by molar-refractivity contribution is 7.99. The standard InChI is InChI=1S/C14H14N2OS/c1-10-3-5-12(6-4-10)13(17)8-18-14-7-11(2)15-9-16-14/h3-7,9H,8H2,1-2H3. The maximum atomic E-state index is 11.9. The van der Waals surface area contributed by atoms with Crippen LogP contribution < -0.4 is 0 Å².